The molecular weight excluding hydrogens is 416 g/mol. The normalized spacial score (nSPS) is 9.21. The summed E-state index contributed by atoms with van der Waals surface area (Å²) in [6.07, 6.45) is 28.0. The van der Waals surface area contributed by atoms with Crippen molar-refractivity contribution < 1.29 is 9.90 Å². The van der Waals surface area contributed by atoms with E-state index in [2.05, 4.69) is 62.3 Å². The summed E-state index contributed by atoms with van der Waals surface area (Å²) < 4.78 is 0. The zero-order chi connectivity index (χ0) is 27.1. The molecule has 0 spiro atoms. The summed E-state index contributed by atoms with van der Waals surface area (Å²) in [7, 11) is 0. The second-order valence-electron chi connectivity index (χ2n) is 9.39. The number of carboxylic acid groups (broad SMARTS) is 1. The van der Waals surface area contributed by atoms with Crippen LogP contribution in [0.4, 0.5) is 0 Å². The van der Waals surface area contributed by atoms with Crippen LogP contribution in [0, 0.1) is 0 Å². The van der Waals surface area contributed by atoms with Crippen LogP contribution < -0.4 is 0 Å². The Morgan fingerprint density at radius 3 is 0.706 bits per heavy atom. The molecule has 0 saturated heterocycles. The quantitative estimate of drug-likeness (QED) is 0.195. The van der Waals surface area contributed by atoms with E-state index in [1.807, 2.05) is 0 Å². The molecule has 2 nitrogen and oxygen atoms in total. The summed E-state index contributed by atoms with van der Waals surface area (Å²) in [5.74, 6) is -0.670. The average molecular weight is 489 g/mol. The first-order chi connectivity index (χ1) is 16.4. The predicted molar refractivity (Wildman–Crippen MR) is 160 cm³/mol. The zero-order valence-corrected chi connectivity index (χ0v) is 25.9. The van der Waals surface area contributed by atoms with Gasteiger partial charge in [0.15, 0.2) is 0 Å². The molecule has 0 amide bonds. The van der Waals surface area contributed by atoms with E-state index in [1.54, 1.807) is 0 Å². The summed E-state index contributed by atoms with van der Waals surface area (Å²) in [5, 5.41) is 8.27. The lowest BCUT2D eigenvalue weighted by Crippen LogP contribution is -1.93. The number of rotatable bonds is 18. The minimum Gasteiger partial charge on any atom is -0.481 e. The van der Waals surface area contributed by atoms with Gasteiger partial charge in [-0.15, -0.1) is 0 Å². The first-order valence-corrected chi connectivity index (χ1v) is 15.6. The van der Waals surface area contributed by atoms with Crippen LogP contribution in [0.5, 0.6) is 0 Å². The minimum atomic E-state index is -0.670. The fraction of sp³-hybridized carbons (Fsp3) is 0.969. The van der Waals surface area contributed by atoms with Crippen LogP contribution in [-0.2, 0) is 4.79 Å². The van der Waals surface area contributed by atoms with Crippen molar-refractivity contribution in [2.45, 2.75) is 204 Å². The van der Waals surface area contributed by atoms with Gasteiger partial charge in [-0.05, 0) is 6.42 Å². The molecule has 2 heteroatoms. The molecule has 0 atom stereocenters. The summed E-state index contributed by atoms with van der Waals surface area (Å²) in [6, 6.07) is 0. The van der Waals surface area contributed by atoms with Gasteiger partial charge in [-0.1, -0.05) is 191 Å². The molecule has 0 saturated carbocycles. The molecule has 0 rings (SSSR count). The van der Waals surface area contributed by atoms with Gasteiger partial charge in [0, 0.05) is 6.42 Å². The highest BCUT2D eigenvalue weighted by molar-refractivity contribution is 5.66. The van der Waals surface area contributed by atoms with Crippen molar-refractivity contribution in [1.82, 2.24) is 0 Å². The first kappa shape index (κ1) is 43.5. The van der Waals surface area contributed by atoms with E-state index in [1.165, 1.54) is 122 Å². The molecule has 0 aliphatic carbocycles. The van der Waals surface area contributed by atoms with Crippen LogP contribution in [0.15, 0.2) is 0 Å². The molecule has 0 unspecified atom stereocenters. The van der Waals surface area contributed by atoms with E-state index in [9.17, 15) is 4.79 Å². The van der Waals surface area contributed by atoms with E-state index in [0.29, 0.717) is 6.42 Å². The predicted octanol–water partition coefficient (Wildman–Crippen LogP) is 12.8. The topological polar surface area (TPSA) is 37.3 Å². The van der Waals surface area contributed by atoms with Gasteiger partial charge in [-0.3, -0.25) is 4.79 Å². The smallest absolute Gasteiger partial charge is 0.303 e. The van der Waals surface area contributed by atoms with Crippen molar-refractivity contribution in [2.24, 2.45) is 0 Å². The maximum absolute atomic E-state index is 10.0. The van der Waals surface area contributed by atoms with Crippen LogP contribution in [0.3, 0.4) is 0 Å². The van der Waals surface area contributed by atoms with Crippen molar-refractivity contribution in [3.05, 3.63) is 0 Å². The number of unbranched alkanes of at least 4 members (excludes halogenated alkanes) is 16. The Hall–Kier alpha value is -0.530. The molecule has 0 aromatic carbocycles. The molecule has 0 aliphatic heterocycles. The molecule has 0 aromatic rings. The van der Waals surface area contributed by atoms with Gasteiger partial charge < -0.3 is 5.11 Å². The second kappa shape index (κ2) is 53.7. The Labute approximate surface area is 219 Å². The standard InChI is InChI=1S/C8H16O2.4C6H14/c1-2-3-4-5-6-7-8(9)10;4*1-3-5-6-4-2/h2-7H2,1H3,(H,9,10);4*3-6H2,1-2H3. The molecular formula is C32H72O2. The second-order valence-corrected chi connectivity index (χ2v) is 9.39. The largest absolute Gasteiger partial charge is 0.481 e. The minimum absolute atomic E-state index is 0.337. The highest BCUT2D eigenvalue weighted by Crippen LogP contribution is 2.04. The number of aliphatic carboxylic acids is 1. The highest BCUT2D eigenvalue weighted by Gasteiger charge is 1.94. The summed E-state index contributed by atoms with van der Waals surface area (Å²) >= 11 is 0. The van der Waals surface area contributed by atoms with Crippen molar-refractivity contribution >= 4 is 5.97 Å². The van der Waals surface area contributed by atoms with E-state index in [4.69, 9.17) is 5.11 Å². The van der Waals surface area contributed by atoms with Gasteiger partial charge in [-0.25, -0.2) is 0 Å². The Morgan fingerprint density at radius 1 is 0.353 bits per heavy atom. The molecule has 0 fully saturated rings. The third-order valence-corrected chi connectivity index (χ3v) is 5.32. The Balaban J connectivity index is -0.000000105. The maximum atomic E-state index is 10.0. The molecule has 212 valence electrons. The average Bonchev–Trinajstić information content (AvgIpc) is 2.85. The molecule has 0 aliphatic rings. The lowest BCUT2D eigenvalue weighted by Gasteiger charge is -1.95. The fourth-order valence-electron chi connectivity index (χ4n) is 2.88. The van der Waals surface area contributed by atoms with Gasteiger partial charge in [0.25, 0.3) is 0 Å². The Kier molecular flexibility index (Phi) is 68.8. The maximum Gasteiger partial charge on any atom is 0.303 e. The highest BCUT2D eigenvalue weighted by atomic mass is 16.4. The van der Waals surface area contributed by atoms with Gasteiger partial charge >= 0.3 is 5.97 Å². The molecule has 1 N–H and O–H groups in total. The number of hydrogen-bond donors (Lipinski definition) is 1. The third kappa shape index (κ3) is 85.6. The van der Waals surface area contributed by atoms with Crippen molar-refractivity contribution in [3.63, 3.8) is 0 Å². The molecule has 0 aromatic heterocycles. The number of carbonyl (C=O) groups is 1. The number of carboxylic acids is 1. The Morgan fingerprint density at radius 2 is 0.529 bits per heavy atom. The number of hydrogen-bond acceptors (Lipinski definition) is 1. The van der Waals surface area contributed by atoms with Gasteiger partial charge in [0.1, 0.15) is 0 Å². The zero-order valence-electron chi connectivity index (χ0n) is 25.9. The fourth-order valence-corrected chi connectivity index (χ4v) is 2.88. The summed E-state index contributed by atoms with van der Waals surface area (Å²) in [5.41, 5.74) is 0. The van der Waals surface area contributed by atoms with Crippen LogP contribution in [0.2, 0.25) is 0 Å². The van der Waals surface area contributed by atoms with E-state index >= 15 is 0 Å². The third-order valence-electron chi connectivity index (χ3n) is 5.32. The lowest BCUT2D eigenvalue weighted by atomic mass is 10.1. The van der Waals surface area contributed by atoms with Gasteiger partial charge in [0.2, 0.25) is 0 Å². The summed E-state index contributed by atoms with van der Waals surface area (Å²) in [6.45, 7) is 20.0. The van der Waals surface area contributed by atoms with Crippen LogP contribution in [0.25, 0.3) is 0 Å². The van der Waals surface area contributed by atoms with Crippen molar-refractivity contribution in [2.75, 3.05) is 0 Å². The van der Waals surface area contributed by atoms with E-state index in [0.717, 1.165) is 12.8 Å². The lowest BCUT2D eigenvalue weighted by molar-refractivity contribution is -0.137. The van der Waals surface area contributed by atoms with Crippen molar-refractivity contribution in [1.29, 1.82) is 0 Å². The van der Waals surface area contributed by atoms with E-state index in [-0.39, 0.29) is 0 Å². The molecule has 0 heterocycles. The van der Waals surface area contributed by atoms with Crippen LogP contribution in [-0.4, -0.2) is 11.1 Å². The van der Waals surface area contributed by atoms with Crippen LogP contribution >= 0.6 is 0 Å². The molecule has 34 heavy (non-hydrogen) atoms. The SMILES string of the molecule is CCCCCC.CCCCCC.CCCCCC.CCCCCC.CCCCCCCC(=O)O. The Bertz CT molecular complexity index is 228. The monoisotopic (exact) mass is 489 g/mol. The molecule has 0 radical (unpaired) electrons. The summed E-state index contributed by atoms with van der Waals surface area (Å²) in [4.78, 5) is 10.0. The molecule has 0 bridgehead atoms. The van der Waals surface area contributed by atoms with Gasteiger partial charge in [-0.2, -0.15) is 0 Å². The first-order valence-electron chi connectivity index (χ1n) is 15.6. The van der Waals surface area contributed by atoms with Crippen LogP contribution in [0.1, 0.15) is 204 Å². The van der Waals surface area contributed by atoms with Crippen molar-refractivity contribution in [3.8, 4) is 0 Å². The van der Waals surface area contributed by atoms with Gasteiger partial charge in [0.05, 0.1) is 0 Å². The van der Waals surface area contributed by atoms with E-state index < -0.39 is 5.97 Å².